The van der Waals surface area contributed by atoms with Gasteiger partial charge in [-0.05, 0) is 53.5 Å². The standard InChI is InChI=1S/C13H16BrNO3/c14-11-3-1-2-4-12(11)18-8-10(13(16)17)9-5-6-15-7-9/h1-4,9-10,15H,5-8H2,(H,16,17). The number of hydrogen-bond acceptors (Lipinski definition) is 3. The number of benzene rings is 1. The Morgan fingerprint density at radius 3 is 2.94 bits per heavy atom. The van der Waals surface area contributed by atoms with Gasteiger partial charge in [0.2, 0.25) is 0 Å². The fraction of sp³-hybridized carbons (Fsp3) is 0.462. The summed E-state index contributed by atoms with van der Waals surface area (Å²) in [6, 6.07) is 7.47. The summed E-state index contributed by atoms with van der Waals surface area (Å²) in [5.74, 6) is -0.387. The minimum Gasteiger partial charge on any atom is -0.491 e. The average Bonchev–Trinajstić information content (AvgIpc) is 2.85. The number of ether oxygens (including phenoxy) is 1. The van der Waals surface area contributed by atoms with Gasteiger partial charge in [0.15, 0.2) is 0 Å². The summed E-state index contributed by atoms with van der Waals surface area (Å²) in [6.07, 6.45) is 0.899. The van der Waals surface area contributed by atoms with Crippen LogP contribution >= 0.6 is 15.9 Å². The van der Waals surface area contributed by atoms with Crippen molar-refractivity contribution in [2.24, 2.45) is 11.8 Å². The number of rotatable bonds is 5. The molecule has 0 saturated carbocycles. The number of aliphatic carboxylic acids is 1. The molecule has 0 aromatic heterocycles. The molecule has 18 heavy (non-hydrogen) atoms. The van der Waals surface area contributed by atoms with Gasteiger partial charge >= 0.3 is 5.97 Å². The molecule has 5 heteroatoms. The van der Waals surface area contributed by atoms with Crippen molar-refractivity contribution in [2.75, 3.05) is 19.7 Å². The highest BCUT2D eigenvalue weighted by molar-refractivity contribution is 9.10. The van der Waals surface area contributed by atoms with Crippen molar-refractivity contribution < 1.29 is 14.6 Å². The minimum absolute atomic E-state index is 0.157. The lowest BCUT2D eigenvalue weighted by atomic mass is 9.92. The van der Waals surface area contributed by atoms with Gasteiger partial charge in [-0.3, -0.25) is 4.79 Å². The molecule has 0 amide bonds. The van der Waals surface area contributed by atoms with E-state index in [2.05, 4.69) is 21.2 Å². The van der Waals surface area contributed by atoms with Crippen LogP contribution in [-0.4, -0.2) is 30.8 Å². The molecule has 2 unspecified atom stereocenters. The second kappa shape index (κ2) is 6.20. The van der Waals surface area contributed by atoms with E-state index in [4.69, 9.17) is 4.74 Å². The summed E-state index contributed by atoms with van der Waals surface area (Å²) in [5, 5.41) is 12.5. The molecular formula is C13H16BrNO3. The minimum atomic E-state index is -0.782. The number of nitrogens with one attached hydrogen (secondary N) is 1. The van der Waals surface area contributed by atoms with Crippen molar-refractivity contribution >= 4 is 21.9 Å². The van der Waals surface area contributed by atoms with Crippen LogP contribution in [0.3, 0.4) is 0 Å². The first-order valence-corrected chi connectivity index (χ1v) is 6.78. The highest BCUT2D eigenvalue weighted by Crippen LogP contribution is 2.26. The molecule has 1 aliphatic heterocycles. The fourth-order valence-corrected chi connectivity index (χ4v) is 2.57. The zero-order valence-electron chi connectivity index (χ0n) is 9.93. The Labute approximate surface area is 114 Å². The molecule has 1 heterocycles. The highest BCUT2D eigenvalue weighted by atomic mass is 79.9. The van der Waals surface area contributed by atoms with E-state index in [1.165, 1.54) is 0 Å². The van der Waals surface area contributed by atoms with Gasteiger partial charge in [0.25, 0.3) is 0 Å². The van der Waals surface area contributed by atoms with Crippen LogP contribution in [0.5, 0.6) is 5.75 Å². The van der Waals surface area contributed by atoms with Gasteiger partial charge in [-0.25, -0.2) is 0 Å². The third kappa shape index (κ3) is 3.23. The van der Waals surface area contributed by atoms with Crippen molar-refractivity contribution in [3.63, 3.8) is 0 Å². The Kier molecular flexibility index (Phi) is 4.60. The van der Waals surface area contributed by atoms with E-state index in [1.54, 1.807) is 0 Å². The summed E-state index contributed by atoms with van der Waals surface area (Å²) >= 11 is 3.38. The summed E-state index contributed by atoms with van der Waals surface area (Å²) in [6.45, 7) is 1.87. The molecule has 0 aliphatic carbocycles. The normalized spacial score (nSPS) is 20.6. The predicted molar refractivity (Wildman–Crippen MR) is 71.7 cm³/mol. The van der Waals surface area contributed by atoms with Crippen LogP contribution < -0.4 is 10.1 Å². The third-order valence-electron chi connectivity index (χ3n) is 3.24. The maximum Gasteiger partial charge on any atom is 0.310 e. The Bertz CT molecular complexity index is 418. The number of halogens is 1. The number of hydrogen-bond donors (Lipinski definition) is 2. The van der Waals surface area contributed by atoms with Crippen LogP contribution in [0.25, 0.3) is 0 Å². The maximum atomic E-state index is 11.3. The lowest BCUT2D eigenvalue weighted by molar-refractivity contribution is -0.144. The molecular weight excluding hydrogens is 298 g/mol. The molecule has 1 saturated heterocycles. The average molecular weight is 314 g/mol. The summed E-state index contributed by atoms with van der Waals surface area (Å²) in [4.78, 5) is 11.3. The van der Waals surface area contributed by atoms with E-state index < -0.39 is 11.9 Å². The molecule has 1 aromatic rings. The van der Waals surface area contributed by atoms with Gasteiger partial charge in [0, 0.05) is 0 Å². The van der Waals surface area contributed by atoms with Gasteiger partial charge in [0.1, 0.15) is 12.4 Å². The number of carboxylic acid groups (broad SMARTS) is 1. The van der Waals surface area contributed by atoms with E-state index in [9.17, 15) is 9.90 Å². The third-order valence-corrected chi connectivity index (χ3v) is 3.89. The van der Waals surface area contributed by atoms with Crippen molar-refractivity contribution in [1.82, 2.24) is 5.32 Å². The molecule has 0 radical (unpaired) electrons. The molecule has 1 fully saturated rings. The Balaban J connectivity index is 1.97. The summed E-state index contributed by atoms with van der Waals surface area (Å²) in [5.41, 5.74) is 0. The van der Waals surface area contributed by atoms with E-state index in [-0.39, 0.29) is 12.5 Å². The van der Waals surface area contributed by atoms with Crippen LogP contribution in [0.2, 0.25) is 0 Å². The second-order valence-corrected chi connectivity index (χ2v) is 5.29. The van der Waals surface area contributed by atoms with Crippen LogP contribution in [0.4, 0.5) is 0 Å². The first kappa shape index (κ1) is 13.4. The fourth-order valence-electron chi connectivity index (χ4n) is 2.17. The molecule has 4 nitrogen and oxygen atoms in total. The topological polar surface area (TPSA) is 58.6 Å². The van der Waals surface area contributed by atoms with Crippen molar-refractivity contribution in [2.45, 2.75) is 6.42 Å². The van der Waals surface area contributed by atoms with E-state index in [0.717, 1.165) is 24.0 Å². The Hall–Kier alpha value is -1.07. The molecule has 2 rings (SSSR count). The van der Waals surface area contributed by atoms with Gasteiger partial charge in [-0.2, -0.15) is 0 Å². The van der Waals surface area contributed by atoms with Crippen molar-refractivity contribution in [1.29, 1.82) is 0 Å². The van der Waals surface area contributed by atoms with Gasteiger partial charge in [0.05, 0.1) is 10.4 Å². The van der Waals surface area contributed by atoms with Crippen molar-refractivity contribution in [3.05, 3.63) is 28.7 Å². The van der Waals surface area contributed by atoms with E-state index in [0.29, 0.717) is 5.75 Å². The van der Waals surface area contributed by atoms with Gasteiger partial charge in [-0.15, -0.1) is 0 Å². The molecule has 2 N–H and O–H groups in total. The van der Waals surface area contributed by atoms with Crippen LogP contribution in [0.1, 0.15) is 6.42 Å². The Morgan fingerprint density at radius 1 is 1.56 bits per heavy atom. The van der Waals surface area contributed by atoms with Crippen molar-refractivity contribution in [3.8, 4) is 5.75 Å². The van der Waals surface area contributed by atoms with Crippen LogP contribution in [-0.2, 0) is 4.79 Å². The molecule has 1 aliphatic rings. The SMILES string of the molecule is O=C(O)C(COc1ccccc1Br)C1CCNC1. The molecule has 0 spiro atoms. The molecule has 1 aromatic carbocycles. The largest absolute Gasteiger partial charge is 0.491 e. The number of carbonyl (C=O) groups is 1. The first-order valence-electron chi connectivity index (χ1n) is 5.99. The lowest BCUT2D eigenvalue weighted by Gasteiger charge is -2.19. The summed E-state index contributed by atoms with van der Waals surface area (Å²) in [7, 11) is 0. The number of carboxylic acids is 1. The molecule has 98 valence electrons. The lowest BCUT2D eigenvalue weighted by Crippen LogP contribution is -2.30. The maximum absolute atomic E-state index is 11.3. The van der Waals surface area contributed by atoms with Gasteiger partial charge in [-0.1, -0.05) is 12.1 Å². The zero-order chi connectivity index (χ0) is 13.0. The quantitative estimate of drug-likeness (QED) is 0.874. The van der Waals surface area contributed by atoms with Crippen LogP contribution in [0.15, 0.2) is 28.7 Å². The molecule has 0 bridgehead atoms. The second-order valence-electron chi connectivity index (χ2n) is 4.44. The van der Waals surface area contributed by atoms with E-state index in [1.807, 2.05) is 24.3 Å². The predicted octanol–water partition coefficient (Wildman–Crippen LogP) is 2.14. The molecule has 2 atom stereocenters. The van der Waals surface area contributed by atoms with Gasteiger partial charge < -0.3 is 15.2 Å². The Morgan fingerprint density at radius 2 is 2.33 bits per heavy atom. The smallest absolute Gasteiger partial charge is 0.310 e. The zero-order valence-corrected chi connectivity index (χ0v) is 11.5. The van der Waals surface area contributed by atoms with Crippen LogP contribution in [0, 0.1) is 11.8 Å². The summed E-state index contributed by atoms with van der Waals surface area (Å²) < 4.78 is 6.46. The monoisotopic (exact) mass is 313 g/mol. The number of para-hydroxylation sites is 1. The highest BCUT2D eigenvalue weighted by Gasteiger charge is 2.31. The van der Waals surface area contributed by atoms with E-state index >= 15 is 0 Å². The first-order chi connectivity index (χ1) is 8.68.